The lowest BCUT2D eigenvalue weighted by Gasteiger charge is -2.19. The molecule has 0 amide bonds. The van der Waals surface area contributed by atoms with E-state index in [0.717, 1.165) is 38.7 Å². The molecule has 0 spiro atoms. The molecule has 4 atom stereocenters. The highest BCUT2D eigenvalue weighted by Crippen LogP contribution is 2.36. The molecule has 0 aliphatic heterocycles. The van der Waals surface area contributed by atoms with Crippen molar-refractivity contribution in [1.82, 2.24) is 0 Å². The average molecular weight is 369 g/mol. The third-order valence-electron chi connectivity index (χ3n) is 5.08. The van der Waals surface area contributed by atoms with Gasteiger partial charge in [0.15, 0.2) is 0 Å². The number of carboxylic acid groups (broad SMARTS) is 1. The predicted molar refractivity (Wildman–Crippen MR) is 103 cm³/mol. The zero-order valence-electron chi connectivity index (χ0n) is 16.1. The van der Waals surface area contributed by atoms with Crippen LogP contribution in [0.5, 0.6) is 0 Å². The summed E-state index contributed by atoms with van der Waals surface area (Å²) in [4.78, 5) is 10.5. The molecular weight excluding hydrogens is 332 g/mol. The van der Waals surface area contributed by atoms with Crippen LogP contribution in [0.1, 0.15) is 64.2 Å². The van der Waals surface area contributed by atoms with Gasteiger partial charge in [0.1, 0.15) is 0 Å². The van der Waals surface area contributed by atoms with Crippen molar-refractivity contribution in [3.8, 4) is 0 Å². The Bertz CT molecular complexity index is 432. The lowest BCUT2D eigenvalue weighted by atomic mass is 9.89. The Kier molecular flexibility index (Phi) is 12.3. The molecule has 3 N–H and O–H groups in total. The molecule has 0 saturated heterocycles. The zero-order chi connectivity index (χ0) is 19.2. The van der Waals surface area contributed by atoms with Crippen molar-refractivity contribution in [3.05, 3.63) is 24.3 Å². The largest absolute Gasteiger partial charge is 0.481 e. The molecule has 1 saturated carbocycles. The van der Waals surface area contributed by atoms with E-state index in [1.54, 1.807) is 7.11 Å². The Balaban J connectivity index is 2.31. The number of carboxylic acids is 1. The Morgan fingerprint density at radius 1 is 1.00 bits per heavy atom. The summed E-state index contributed by atoms with van der Waals surface area (Å²) in [6.45, 7) is 0.827. The lowest BCUT2D eigenvalue weighted by molar-refractivity contribution is -0.137. The number of unbranched alkanes of at least 4 members (excludes halogenated alkanes) is 5. The van der Waals surface area contributed by atoms with Gasteiger partial charge in [-0.1, -0.05) is 37.1 Å². The maximum absolute atomic E-state index is 10.5. The highest BCUT2D eigenvalue weighted by molar-refractivity contribution is 5.66. The van der Waals surface area contributed by atoms with Crippen molar-refractivity contribution >= 4 is 5.97 Å². The van der Waals surface area contributed by atoms with E-state index in [0.29, 0.717) is 12.8 Å². The molecule has 0 heterocycles. The molecule has 0 aromatic heterocycles. The minimum Gasteiger partial charge on any atom is -0.481 e. The SMILES string of the molecule is COCCCCCCC=C[C@@H]1C(CC=CCCCC(=O)O)[C@@H](O)C[C@H]1O. The Morgan fingerprint density at radius 2 is 1.73 bits per heavy atom. The summed E-state index contributed by atoms with van der Waals surface area (Å²) >= 11 is 0. The molecule has 0 aromatic carbocycles. The van der Waals surface area contributed by atoms with Gasteiger partial charge >= 0.3 is 5.97 Å². The fraction of sp³-hybridized carbons (Fsp3) is 0.762. The molecule has 26 heavy (non-hydrogen) atoms. The van der Waals surface area contributed by atoms with Gasteiger partial charge in [0.25, 0.3) is 0 Å². The average Bonchev–Trinajstić information content (AvgIpc) is 2.86. The zero-order valence-corrected chi connectivity index (χ0v) is 16.1. The van der Waals surface area contributed by atoms with Crippen LogP contribution in [0.15, 0.2) is 24.3 Å². The van der Waals surface area contributed by atoms with Crippen LogP contribution in [0.4, 0.5) is 0 Å². The molecule has 1 fully saturated rings. The second kappa shape index (κ2) is 14.0. The van der Waals surface area contributed by atoms with Gasteiger partial charge in [0.2, 0.25) is 0 Å². The summed E-state index contributed by atoms with van der Waals surface area (Å²) < 4.78 is 5.04. The first-order valence-corrected chi connectivity index (χ1v) is 9.94. The maximum Gasteiger partial charge on any atom is 0.303 e. The molecule has 5 heteroatoms. The summed E-state index contributed by atoms with van der Waals surface area (Å²) in [5.41, 5.74) is 0. The molecule has 0 aromatic rings. The van der Waals surface area contributed by atoms with Crippen LogP contribution in [-0.4, -0.2) is 47.2 Å². The number of rotatable bonds is 14. The van der Waals surface area contributed by atoms with Crippen LogP contribution in [0.2, 0.25) is 0 Å². The van der Waals surface area contributed by atoms with Gasteiger partial charge in [0, 0.05) is 32.5 Å². The number of aliphatic carboxylic acids is 1. The molecule has 1 rings (SSSR count). The van der Waals surface area contributed by atoms with Crippen molar-refractivity contribution in [2.45, 2.75) is 76.4 Å². The number of carbonyl (C=O) groups is 1. The van der Waals surface area contributed by atoms with Crippen LogP contribution in [0.25, 0.3) is 0 Å². The van der Waals surface area contributed by atoms with Gasteiger partial charge in [-0.3, -0.25) is 4.79 Å². The van der Waals surface area contributed by atoms with Crippen molar-refractivity contribution in [1.29, 1.82) is 0 Å². The molecule has 1 aliphatic carbocycles. The summed E-state index contributed by atoms with van der Waals surface area (Å²) in [6, 6.07) is 0. The number of methoxy groups -OCH3 is 1. The molecule has 1 aliphatic rings. The number of aliphatic hydroxyl groups excluding tert-OH is 2. The molecule has 1 unspecified atom stereocenters. The topological polar surface area (TPSA) is 87.0 Å². The van der Waals surface area contributed by atoms with Crippen molar-refractivity contribution in [2.75, 3.05) is 13.7 Å². The van der Waals surface area contributed by atoms with Gasteiger partial charge in [-0.15, -0.1) is 0 Å². The Morgan fingerprint density at radius 3 is 2.46 bits per heavy atom. The minimum absolute atomic E-state index is 0.00200. The summed E-state index contributed by atoms with van der Waals surface area (Å²) in [7, 11) is 1.73. The van der Waals surface area contributed by atoms with Crippen LogP contribution >= 0.6 is 0 Å². The minimum atomic E-state index is -0.767. The number of aliphatic hydroxyl groups is 2. The van der Waals surface area contributed by atoms with Crippen LogP contribution in [0, 0.1) is 11.8 Å². The van der Waals surface area contributed by atoms with Crippen molar-refractivity contribution < 1.29 is 24.9 Å². The van der Waals surface area contributed by atoms with Gasteiger partial charge in [-0.05, 0) is 44.4 Å². The van der Waals surface area contributed by atoms with Crippen molar-refractivity contribution in [2.24, 2.45) is 11.8 Å². The summed E-state index contributed by atoms with van der Waals surface area (Å²) in [5.74, 6) is -0.725. The van der Waals surface area contributed by atoms with Crippen LogP contribution in [-0.2, 0) is 9.53 Å². The van der Waals surface area contributed by atoms with Gasteiger partial charge in [-0.2, -0.15) is 0 Å². The second-order valence-electron chi connectivity index (χ2n) is 7.23. The van der Waals surface area contributed by atoms with E-state index in [9.17, 15) is 15.0 Å². The van der Waals surface area contributed by atoms with E-state index in [4.69, 9.17) is 9.84 Å². The maximum atomic E-state index is 10.5. The molecule has 0 radical (unpaired) electrons. The monoisotopic (exact) mass is 368 g/mol. The molecule has 150 valence electrons. The first-order valence-electron chi connectivity index (χ1n) is 9.94. The highest BCUT2D eigenvalue weighted by atomic mass is 16.5. The summed E-state index contributed by atoms with van der Waals surface area (Å²) in [5, 5.41) is 29.0. The number of hydrogen-bond donors (Lipinski definition) is 3. The molecule has 0 bridgehead atoms. The van der Waals surface area contributed by atoms with E-state index in [-0.39, 0.29) is 18.3 Å². The Labute approximate surface area is 157 Å². The fourth-order valence-corrected chi connectivity index (χ4v) is 3.56. The van der Waals surface area contributed by atoms with Gasteiger partial charge < -0.3 is 20.1 Å². The molecular formula is C21H36O5. The number of hydrogen-bond acceptors (Lipinski definition) is 4. The Hall–Kier alpha value is -1.17. The van der Waals surface area contributed by atoms with E-state index in [2.05, 4.69) is 12.2 Å². The third-order valence-corrected chi connectivity index (χ3v) is 5.08. The summed E-state index contributed by atoms with van der Waals surface area (Å²) in [6.07, 6.45) is 15.6. The van der Waals surface area contributed by atoms with Gasteiger partial charge in [-0.25, -0.2) is 0 Å². The number of ether oxygens (including phenoxy) is 1. The fourth-order valence-electron chi connectivity index (χ4n) is 3.56. The molecule has 5 nitrogen and oxygen atoms in total. The van der Waals surface area contributed by atoms with E-state index >= 15 is 0 Å². The van der Waals surface area contributed by atoms with Gasteiger partial charge in [0.05, 0.1) is 12.2 Å². The first kappa shape index (κ1) is 22.9. The normalized spacial score (nSPS) is 26.3. The van der Waals surface area contributed by atoms with E-state index in [1.165, 1.54) is 12.8 Å². The number of allylic oxidation sites excluding steroid dienone is 3. The highest BCUT2D eigenvalue weighted by Gasteiger charge is 2.39. The second-order valence-corrected chi connectivity index (χ2v) is 7.23. The lowest BCUT2D eigenvalue weighted by Crippen LogP contribution is -2.19. The predicted octanol–water partition coefficient (Wildman–Crippen LogP) is 3.70. The van der Waals surface area contributed by atoms with Crippen molar-refractivity contribution in [3.63, 3.8) is 0 Å². The first-order chi connectivity index (χ1) is 12.6. The standard InChI is InChI=1S/C21H36O5/c1-26-15-11-7-3-2-4-8-12-17-18(20(23)16-19(17)22)13-9-5-6-10-14-21(24)25/h5,8-9,12,17-20,22-23H,2-4,6-7,10-11,13-16H2,1H3,(H,24,25)/t17-,18?,19-,20+/m1/s1. The quantitative estimate of drug-likeness (QED) is 0.321. The van der Waals surface area contributed by atoms with E-state index < -0.39 is 18.2 Å². The van der Waals surface area contributed by atoms with Crippen LogP contribution in [0.3, 0.4) is 0 Å². The smallest absolute Gasteiger partial charge is 0.303 e. The third kappa shape index (κ3) is 9.51. The van der Waals surface area contributed by atoms with E-state index in [1.807, 2.05) is 12.2 Å². The van der Waals surface area contributed by atoms with Crippen LogP contribution < -0.4 is 0 Å².